The first kappa shape index (κ1) is 13.6. The molecule has 0 aliphatic carbocycles. The third kappa shape index (κ3) is 3.04. The molecule has 3 rings (SSSR count). The number of hydrogen-bond donors (Lipinski definition) is 0. The van der Waals surface area contributed by atoms with Crippen LogP contribution in [0.5, 0.6) is 5.88 Å². The number of carbonyl (C=O) groups excluding carboxylic acids is 1. The molecule has 3 heterocycles. The van der Waals surface area contributed by atoms with Crippen molar-refractivity contribution >= 4 is 5.91 Å². The van der Waals surface area contributed by atoms with E-state index in [0.29, 0.717) is 30.6 Å². The lowest BCUT2D eigenvalue weighted by Gasteiger charge is -2.16. The fourth-order valence-electron chi connectivity index (χ4n) is 2.48. The lowest BCUT2D eigenvalue weighted by atomic mass is 10.3. The Bertz CT molecular complexity index is 619. The van der Waals surface area contributed by atoms with Crippen LogP contribution in [0.3, 0.4) is 0 Å². The minimum Gasteiger partial charge on any atom is -0.472 e. The highest BCUT2D eigenvalue weighted by Gasteiger charge is 2.29. The summed E-state index contributed by atoms with van der Waals surface area (Å²) >= 11 is 0. The number of aryl methyl sites for hydroxylation is 2. The molecule has 1 unspecified atom stereocenters. The molecular weight excluding hydrogens is 270 g/mol. The summed E-state index contributed by atoms with van der Waals surface area (Å²) in [5, 5.41) is 0. The van der Waals surface area contributed by atoms with Gasteiger partial charge in [0.15, 0.2) is 5.76 Å². The number of aromatic nitrogens is 2. The number of likely N-dealkylation sites (tertiary alicyclic amines) is 1. The summed E-state index contributed by atoms with van der Waals surface area (Å²) in [6, 6.07) is 5.20. The molecule has 110 valence electrons. The number of ether oxygens (including phenoxy) is 1. The van der Waals surface area contributed by atoms with Crippen molar-refractivity contribution in [2.45, 2.75) is 26.4 Å². The van der Waals surface area contributed by atoms with Gasteiger partial charge in [-0.05, 0) is 26.0 Å². The monoisotopic (exact) mass is 287 g/mol. The van der Waals surface area contributed by atoms with Crippen LogP contribution >= 0.6 is 0 Å². The zero-order valence-corrected chi connectivity index (χ0v) is 12.1. The molecule has 0 bridgehead atoms. The van der Waals surface area contributed by atoms with Crippen LogP contribution in [0.1, 0.15) is 28.5 Å². The van der Waals surface area contributed by atoms with E-state index < -0.39 is 0 Å². The second-order valence-corrected chi connectivity index (χ2v) is 5.15. The predicted molar refractivity (Wildman–Crippen MR) is 75.2 cm³/mol. The van der Waals surface area contributed by atoms with E-state index >= 15 is 0 Å². The minimum absolute atomic E-state index is 0.0439. The van der Waals surface area contributed by atoms with Crippen LogP contribution in [-0.4, -0.2) is 40.0 Å². The standard InChI is InChI=1S/C15H17N3O3/c1-10-8-14(17-11(2)16-10)21-12-5-6-18(9-12)15(19)13-4-3-7-20-13/h3-4,7-8,12H,5-6,9H2,1-2H3. The first-order valence-electron chi connectivity index (χ1n) is 6.93. The predicted octanol–water partition coefficient (Wildman–Crippen LogP) is 1.98. The lowest BCUT2D eigenvalue weighted by Crippen LogP contribution is -2.30. The molecule has 6 nitrogen and oxygen atoms in total. The maximum atomic E-state index is 12.2. The summed E-state index contributed by atoms with van der Waals surface area (Å²) in [4.78, 5) is 22.4. The van der Waals surface area contributed by atoms with Crippen molar-refractivity contribution in [2.24, 2.45) is 0 Å². The van der Waals surface area contributed by atoms with Crippen molar-refractivity contribution < 1.29 is 13.9 Å². The average molecular weight is 287 g/mol. The molecule has 1 aliphatic heterocycles. The Morgan fingerprint density at radius 1 is 1.43 bits per heavy atom. The molecule has 2 aromatic rings. The Kier molecular flexibility index (Phi) is 3.60. The highest BCUT2D eigenvalue weighted by Crippen LogP contribution is 2.19. The molecule has 21 heavy (non-hydrogen) atoms. The van der Waals surface area contributed by atoms with Crippen LogP contribution in [-0.2, 0) is 0 Å². The molecule has 0 radical (unpaired) electrons. The van der Waals surface area contributed by atoms with Gasteiger partial charge in [0.05, 0.1) is 12.8 Å². The topological polar surface area (TPSA) is 68.5 Å². The fourth-order valence-corrected chi connectivity index (χ4v) is 2.48. The van der Waals surface area contributed by atoms with Gasteiger partial charge in [0.1, 0.15) is 11.9 Å². The second-order valence-electron chi connectivity index (χ2n) is 5.15. The van der Waals surface area contributed by atoms with Crippen LogP contribution in [0, 0.1) is 13.8 Å². The van der Waals surface area contributed by atoms with Crippen molar-refractivity contribution in [1.82, 2.24) is 14.9 Å². The van der Waals surface area contributed by atoms with Gasteiger partial charge in [0.25, 0.3) is 5.91 Å². The van der Waals surface area contributed by atoms with E-state index in [0.717, 1.165) is 12.1 Å². The van der Waals surface area contributed by atoms with Gasteiger partial charge in [-0.1, -0.05) is 0 Å². The third-order valence-electron chi connectivity index (χ3n) is 3.39. The van der Waals surface area contributed by atoms with Gasteiger partial charge in [-0.3, -0.25) is 4.79 Å². The highest BCUT2D eigenvalue weighted by atomic mass is 16.5. The number of carbonyl (C=O) groups is 1. The van der Waals surface area contributed by atoms with Gasteiger partial charge in [-0.2, -0.15) is 4.98 Å². The van der Waals surface area contributed by atoms with Gasteiger partial charge in [-0.25, -0.2) is 4.98 Å². The van der Waals surface area contributed by atoms with Gasteiger partial charge >= 0.3 is 0 Å². The van der Waals surface area contributed by atoms with E-state index in [2.05, 4.69) is 9.97 Å². The average Bonchev–Trinajstić information content (AvgIpc) is 3.07. The molecule has 6 heteroatoms. The van der Waals surface area contributed by atoms with E-state index in [4.69, 9.17) is 9.15 Å². The summed E-state index contributed by atoms with van der Waals surface area (Å²) in [6.45, 7) is 4.94. The van der Waals surface area contributed by atoms with Gasteiger partial charge in [-0.15, -0.1) is 0 Å². The first-order chi connectivity index (χ1) is 10.1. The van der Waals surface area contributed by atoms with Gasteiger partial charge in [0, 0.05) is 24.7 Å². The number of hydrogen-bond acceptors (Lipinski definition) is 5. The van der Waals surface area contributed by atoms with Crippen molar-refractivity contribution in [2.75, 3.05) is 13.1 Å². The lowest BCUT2D eigenvalue weighted by molar-refractivity contribution is 0.0739. The maximum Gasteiger partial charge on any atom is 0.289 e. The Balaban J connectivity index is 1.63. The molecule has 1 atom stereocenters. The molecule has 2 aromatic heterocycles. The van der Waals surface area contributed by atoms with Crippen LogP contribution in [0.25, 0.3) is 0 Å². The summed E-state index contributed by atoms with van der Waals surface area (Å²) < 4.78 is 11.0. The maximum absolute atomic E-state index is 12.2. The Hall–Kier alpha value is -2.37. The summed E-state index contributed by atoms with van der Waals surface area (Å²) in [5.74, 6) is 1.52. The Morgan fingerprint density at radius 3 is 3.00 bits per heavy atom. The molecule has 1 fully saturated rings. The molecule has 0 N–H and O–H groups in total. The number of amides is 1. The largest absolute Gasteiger partial charge is 0.472 e. The quantitative estimate of drug-likeness (QED) is 0.863. The molecule has 1 aliphatic rings. The van der Waals surface area contributed by atoms with Crippen molar-refractivity contribution in [3.8, 4) is 5.88 Å². The smallest absolute Gasteiger partial charge is 0.289 e. The normalized spacial score (nSPS) is 18.0. The fraction of sp³-hybridized carbons (Fsp3) is 0.400. The molecular formula is C15H17N3O3. The molecule has 0 aromatic carbocycles. The second kappa shape index (κ2) is 5.55. The summed E-state index contributed by atoms with van der Waals surface area (Å²) in [6.07, 6.45) is 2.25. The molecule has 1 amide bonds. The first-order valence-corrected chi connectivity index (χ1v) is 6.93. The summed E-state index contributed by atoms with van der Waals surface area (Å²) in [7, 11) is 0. The van der Waals surface area contributed by atoms with E-state index in [9.17, 15) is 4.79 Å². The molecule has 0 saturated carbocycles. The SMILES string of the molecule is Cc1cc(OC2CCN(C(=O)c3ccco3)C2)nc(C)n1. The van der Waals surface area contributed by atoms with E-state index in [1.807, 2.05) is 19.9 Å². The van der Waals surface area contributed by atoms with E-state index in [1.54, 1.807) is 17.0 Å². The summed E-state index contributed by atoms with van der Waals surface area (Å²) in [5.41, 5.74) is 0.874. The zero-order valence-electron chi connectivity index (χ0n) is 12.1. The Labute approximate surface area is 122 Å². The zero-order chi connectivity index (χ0) is 14.8. The number of furan rings is 1. The van der Waals surface area contributed by atoms with Crippen molar-refractivity contribution in [3.05, 3.63) is 41.7 Å². The Morgan fingerprint density at radius 2 is 2.29 bits per heavy atom. The van der Waals surface area contributed by atoms with Crippen molar-refractivity contribution in [1.29, 1.82) is 0 Å². The van der Waals surface area contributed by atoms with E-state index in [1.165, 1.54) is 6.26 Å². The number of nitrogens with zero attached hydrogens (tertiary/aromatic N) is 3. The van der Waals surface area contributed by atoms with Crippen LogP contribution in [0.2, 0.25) is 0 Å². The van der Waals surface area contributed by atoms with E-state index in [-0.39, 0.29) is 12.0 Å². The highest BCUT2D eigenvalue weighted by molar-refractivity contribution is 5.91. The van der Waals surface area contributed by atoms with Crippen LogP contribution < -0.4 is 4.74 Å². The van der Waals surface area contributed by atoms with Crippen molar-refractivity contribution in [3.63, 3.8) is 0 Å². The van der Waals surface area contributed by atoms with Crippen LogP contribution in [0.15, 0.2) is 28.9 Å². The third-order valence-corrected chi connectivity index (χ3v) is 3.39. The molecule has 1 saturated heterocycles. The number of rotatable bonds is 3. The molecule has 0 spiro atoms. The van der Waals surface area contributed by atoms with Gasteiger partial charge < -0.3 is 14.1 Å². The van der Waals surface area contributed by atoms with Crippen LogP contribution in [0.4, 0.5) is 0 Å². The van der Waals surface area contributed by atoms with Gasteiger partial charge in [0.2, 0.25) is 5.88 Å². The minimum atomic E-state index is -0.0962.